The molecule has 0 aliphatic rings. The lowest BCUT2D eigenvalue weighted by atomic mass is 10.2. The van der Waals surface area contributed by atoms with E-state index in [0.717, 1.165) is 12.0 Å². The summed E-state index contributed by atoms with van der Waals surface area (Å²) in [6.45, 7) is 2.00. The molecule has 2 heterocycles. The predicted octanol–water partition coefficient (Wildman–Crippen LogP) is 3.50. The van der Waals surface area contributed by atoms with Crippen molar-refractivity contribution < 1.29 is 17.9 Å². The number of alkyl halides is 3. The van der Waals surface area contributed by atoms with Crippen molar-refractivity contribution in [2.45, 2.75) is 19.5 Å². The highest BCUT2D eigenvalue weighted by atomic mass is 19.4. The van der Waals surface area contributed by atoms with Crippen molar-refractivity contribution in [1.29, 1.82) is 0 Å². The van der Waals surface area contributed by atoms with Gasteiger partial charge in [0.25, 0.3) is 5.82 Å². The van der Waals surface area contributed by atoms with Gasteiger partial charge in [-0.2, -0.15) is 17.7 Å². The Morgan fingerprint density at radius 3 is 2.68 bits per heavy atom. The van der Waals surface area contributed by atoms with E-state index in [4.69, 9.17) is 4.74 Å². The Morgan fingerprint density at radius 1 is 1.14 bits per heavy atom. The highest BCUT2D eigenvalue weighted by Gasteiger charge is 2.37. The maximum absolute atomic E-state index is 12.8. The van der Waals surface area contributed by atoms with Gasteiger partial charge in [-0.3, -0.25) is 0 Å². The van der Waals surface area contributed by atoms with Gasteiger partial charge in [0, 0.05) is 6.07 Å². The van der Waals surface area contributed by atoms with E-state index in [-0.39, 0.29) is 11.5 Å². The lowest BCUT2D eigenvalue weighted by Gasteiger charge is -2.07. The molecule has 0 radical (unpaired) electrons. The zero-order valence-corrected chi connectivity index (χ0v) is 11.5. The fourth-order valence-electron chi connectivity index (χ4n) is 1.95. The van der Waals surface area contributed by atoms with Crippen LogP contribution in [0.2, 0.25) is 0 Å². The van der Waals surface area contributed by atoms with Crippen molar-refractivity contribution in [3.63, 3.8) is 0 Å². The summed E-state index contributed by atoms with van der Waals surface area (Å²) in [7, 11) is 0. The summed E-state index contributed by atoms with van der Waals surface area (Å²) >= 11 is 0. The highest BCUT2D eigenvalue weighted by molar-refractivity contribution is 5.39. The van der Waals surface area contributed by atoms with E-state index >= 15 is 0 Å². The normalized spacial score (nSPS) is 11.8. The Labute approximate surface area is 123 Å². The van der Waals surface area contributed by atoms with Gasteiger partial charge in [-0.15, -0.1) is 15.3 Å². The van der Waals surface area contributed by atoms with E-state index in [2.05, 4.69) is 15.3 Å². The zero-order chi connectivity index (χ0) is 15.7. The topological polar surface area (TPSA) is 52.3 Å². The number of rotatable bonds is 3. The van der Waals surface area contributed by atoms with Gasteiger partial charge in [0.1, 0.15) is 5.75 Å². The molecule has 0 spiro atoms. The Bertz CT molecular complexity index is 813. The first kappa shape index (κ1) is 14.3. The van der Waals surface area contributed by atoms with Crippen LogP contribution in [0, 0.1) is 0 Å². The fraction of sp³-hybridized carbons (Fsp3) is 0.214. The lowest BCUT2D eigenvalue weighted by molar-refractivity contribution is -0.146. The Hall–Kier alpha value is -2.64. The number of halogens is 3. The minimum absolute atomic E-state index is 0.00184. The van der Waals surface area contributed by atoms with E-state index in [1.165, 1.54) is 12.1 Å². The van der Waals surface area contributed by atoms with Crippen LogP contribution >= 0.6 is 0 Å². The quantitative estimate of drug-likeness (QED) is 0.743. The van der Waals surface area contributed by atoms with Crippen LogP contribution in [-0.4, -0.2) is 19.8 Å². The predicted molar refractivity (Wildman–Crippen MR) is 71.7 cm³/mol. The summed E-state index contributed by atoms with van der Waals surface area (Å²) in [4.78, 5) is 0. The summed E-state index contributed by atoms with van der Waals surface area (Å²) < 4.78 is 44.5. The van der Waals surface area contributed by atoms with Crippen LogP contribution in [0.5, 0.6) is 11.6 Å². The van der Waals surface area contributed by atoms with Crippen LogP contribution in [-0.2, 0) is 12.6 Å². The van der Waals surface area contributed by atoms with Gasteiger partial charge in [0.15, 0.2) is 5.65 Å². The molecule has 0 saturated heterocycles. The summed E-state index contributed by atoms with van der Waals surface area (Å²) in [5, 5.41) is 10.3. The van der Waals surface area contributed by atoms with E-state index < -0.39 is 12.0 Å². The first-order chi connectivity index (χ1) is 10.5. The van der Waals surface area contributed by atoms with Crippen molar-refractivity contribution >= 4 is 5.65 Å². The molecule has 0 aliphatic heterocycles. The standard InChI is InChI=1S/C14H11F3N4O/c1-2-9-4-3-5-10(8-9)22-12-7-6-11-18-19-13(14(15,16)17)21(11)20-12/h3-8H,2H2,1H3. The molecule has 5 nitrogen and oxygen atoms in total. The third-order valence-corrected chi connectivity index (χ3v) is 3.02. The summed E-state index contributed by atoms with van der Waals surface area (Å²) in [6.07, 6.45) is -3.81. The molecule has 0 bridgehead atoms. The van der Waals surface area contributed by atoms with Crippen LogP contribution in [0.1, 0.15) is 18.3 Å². The van der Waals surface area contributed by atoms with Crippen molar-refractivity contribution in [3.05, 3.63) is 47.8 Å². The molecule has 8 heteroatoms. The van der Waals surface area contributed by atoms with Crippen LogP contribution in [0.15, 0.2) is 36.4 Å². The summed E-state index contributed by atoms with van der Waals surface area (Å²) in [6, 6.07) is 10.1. The van der Waals surface area contributed by atoms with E-state index in [9.17, 15) is 13.2 Å². The van der Waals surface area contributed by atoms with Crippen molar-refractivity contribution in [2.75, 3.05) is 0 Å². The Balaban J connectivity index is 1.97. The third-order valence-electron chi connectivity index (χ3n) is 3.02. The number of benzene rings is 1. The van der Waals surface area contributed by atoms with Crippen molar-refractivity contribution in [1.82, 2.24) is 19.8 Å². The van der Waals surface area contributed by atoms with Gasteiger partial charge in [-0.05, 0) is 30.2 Å². The smallest absolute Gasteiger partial charge is 0.438 e. The minimum atomic E-state index is -4.63. The molecular formula is C14H11F3N4O. The molecule has 2 aromatic heterocycles. The van der Waals surface area contributed by atoms with Crippen molar-refractivity contribution in [2.24, 2.45) is 0 Å². The number of hydrogen-bond donors (Lipinski definition) is 0. The molecule has 0 fully saturated rings. The molecule has 0 N–H and O–H groups in total. The average molecular weight is 308 g/mol. The molecule has 3 rings (SSSR count). The number of hydrogen-bond acceptors (Lipinski definition) is 4. The molecule has 0 aliphatic carbocycles. The highest BCUT2D eigenvalue weighted by Crippen LogP contribution is 2.28. The van der Waals surface area contributed by atoms with E-state index in [1.807, 2.05) is 25.1 Å². The lowest BCUT2D eigenvalue weighted by Crippen LogP contribution is -2.12. The monoisotopic (exact) mass is 308 g/mol. The van der Waals surface area contributed by atoms with Crippen LogP contribution in [0.25, 0.3) is 5.65 Å². The van der Waals surface area contributed by atoms with Crippen LogP contribution < -0.4 is 4.74 Å². The molecule has 114 valence electrons. The molecule has 0 saturated carbocycles. The Morgan fingerprint density at radius 2 is 1.95 bits per heavy atom. The van der Waals surface area contributed by atoms with Gasteiger partial charge >= 0.3 is 6.18 Å². The molecule has 0 unspecified atom stereocenters. The number of aromatic nitrogens is 4. The zero-order valence-electron chi connectivity index (χ0n) is 11.5. The molecule has 0 atom stereocenters. The van der Waals surface area contributed by atoms with Gasteiger partial charge in [-0.25, -0.2) is 0 Å². The molecule has 1 aromatic carbocycles. The number of fused-ring (bicyclic) bond motifs is 1. The first-order valence-electron chi connectivity index (χ1n) is 6.54. The second-order valence-corrected chi connectivity index (χ2v) is 4.57. The first-order valence-corrected chi connectivity index (χ1v) is 6.54. The average Bonchev–Trinajstić information content (AvgIpc) is 2.90. The number of nitrogens with zero attached hydrogens (tertiary/aromatic N) is 4. The molecule has 3 aromatic rings. The van der Waals surface area contributed by atoms with E-state index in [0.29, 0.717) is 10.3 Å². The number of aryl methyl sites for hydroxylation is 1. The summed E-state index contributed by atoms with van der Waals surface area (Å²) in [5.41, 5.74) is 1.06. The van der Waals surface area contributed by atoms with Crippen LogP contribution in [0.4, 0.5) is 13.2 Å². The van der Waals surface area contributed by atoms with Crippen molar-refractivity contribution in [3.8, 4) is 11.6 Å². The third kappa shape index (κ3) is 2.72. The van der Waals surface area contributed by atoms with E-state index in [1.54, 1.807) is 6.07 Å². The Kier molecular flexibility index (Phi) is 3.44. The second kappa shape index (κ2) is 5.28. The molecule has 22 heavy (non-hydrogen) atoms. The molecular weight excluding hydrogens is 297 g/mol. The summed E-state index contributed by atoms with van der Waals surface area (Å²) in [5.74, 6) is -0.644. The largest absolute Gasteiger partial charge is 0.453 e. The van der Waals surface area contributed by atoms with Gasteiger partial charge in [-0.1, -0.05) is 19.1 Å². The van der Waals surface area contributed by atoms with Gasteiger partial charge < -0.3 is 4.74 Å². The van der Waals surface area contributed by atoms with Gasteiger partial charge in [0.2, 0.25) is 5.88 Å². The maximum atomic E-state index is 12.8. The van der Waals surface area contributed by atoms with Gasteiger partial charge in [0.05, 0.1) is 0 Å². The SMILES string of the molecule is CCc1cccc(Oc2ccc3nnc(C(F)(F)F)n3n2)c1. The fourth-order valence-corrected chi connectivity index (χ4v) is 1.95. The maximum Gasteiger partial charge on any atom is 0.453 e. The number of ether oxygens (including phenoxy) is 1. The minimum Gasteiger partial charge on any atom is -0.438 e. The second-order valence-electron chi connectivity index (χ2n) is 4.57. The molecule has 0 amide bonds. The van der Waals surface area contributed by atoms with Crippen LogP contribution in [0.3, 0.4) is 0 Å².